The summed E-state index contributed by atoms with van der Waals surface area (Å²) in [5.41, 5.74) is 10.3. The van der Waals surface area contributed by atoms with Gasteiger partial charge in [-0.3, -0.25) is 0 Å². The van der Waals surface area contributed by atoms with Gasteiger partial charge in [0.05, 0.1) is 5.56 Å². The van der Waals surface area contributed by atoms with Gasteiger partial charge in [-0.05, 0) is 52.6 Å². The number of benzene rings is 7. The fourth-order valence-electron chi connectivity index (χ4n) is 6.93. The zero-order valence-corrected chi connectivity index (χ0v) is 26.7. The summed E-state index contributed by atoms with van der Waals surface area (Å²) in [5.74, 6) is 1.67. The van der Waals surface area contributed by atoms with Crippen LogP contribution in [0.5, 0.6) is 0 Å². The number of nitrogens with zero attached hydrogens (tertiary/aromatic N) is 3. The van der Waals surface area contributed by atoms with Crippen LogP contribution in [-0.4, -0.2) is 15.0 Å². The molecule has 0 radical (unpaired) electrons. The molecule has 5 nitrogen and oxygen atoms in total. The van der Waals surface area contributed by atoms with E-state index in [1.807, 2.05) is 60.7 Å². The maximum atomic E-state index is 6.45. The largest absolute Gasteiger partial charge is 0.456 e. The van der Waals surface area contributed by atoms with Crippen LogP contribution in [0.3, 0.4) is 0 Å². The minimum absolute atomic E-state index is 0.538. The zero-order valence-electron chi connectivity index (χ0n) is 26.7. The van der Waals surface area contributed by atoms with Gasteiger partial charge in [0.2, 0.25) is 0 Å². The van der Waals surface area contributed by atoms with E-state index in [2.05, 4.69) is 103 Å². The third-order valence-corrected chi connectivity index (χ3v) is 9.37. The summed E-state index contributed by atoms with van der Waals surface area (Å²) in [6.07, 6.45) is 0. The minimum atomic E-state index is 0.538. The van der Waals surface area contributed by atoms with E-state index in [4.69, 9.17) is 23.8 Å². The lowest BCUT2D eigenvalue weighted by molar-refractivity contribution is 0.668. The highest BCUT2D eigenvalue weighted by molar-refractivity contribution is 6.13. The molecule has 3 aromatic heterocycles. The quantitative estimate of drug-likeness (QED) is 0.187. The molecule has 50 heavy (non-hydrogen) atoms. The molecule has 0 aliphatic rings. The fourth-order valence-corrected chi connectivity index (χ4v) is 6.93. The Morgan fingerprint density at radius 3 is 1.66 bits per heavy atom. The molecule has 0 unspecified atom stereocenters. The van der Waals surface area contributed by atoms with Crippen LogP contribution in [-0.2, 0) is 0 Å². The van der Waals surface area contributed by atoms with Crippen molar-refractivity contribution in [3.05, 3.63) is 164 Å². The van der Waals surface area contributed by atoms with Gasteiger partial charge in [0.1, 0.15) is 22.3 Å². The molecule has 0 aliphatic carbocycles. The molecule has 0 amide bonds. The van der Waals surface area contributed by atoms with Crippen LogP contribution >= 0.6 is 0 Å². The first kappa shape index (κ1) is 28.2. The highest BCUT2D eigenvalue weighted by Gasteiger charge is 2.20. The SMILES string of the molecule is c1ccc(-c2ccc(-c3nc(-c4cccc5c4oc4ccccc45)nc(-c4cccc5oc6ccc(-c7ccccc7)cc6c45)n3)cc2)cc1. The lowest BCUT2D eigenvalue weighted by atomic mass is 10.0. The maximum absolute atomic E-state index is 6.45. The lowest BCUT2D eigenvalue weighted by Crippen LogP contribution is -2.00. The van der Waals surface area contributed by atoms with Crippen LogP contribution in [0.15, 0.2) is 173 Å². The number of rotatable bonds is 5. The summed E-state index contributed by atoms with van der Waals surface area (Å²) in [4.78, 5) is 15.4. The van der Waals surface area contributed by atoms with Gasteiger partial charge in [-0.1, -0.05) is 133 Å². The van der Waals surface area contributed by atoms with E-state index in [-0.39, 0.29) is 0 Å². The molecule has 0 bridgehead atoms. The first-order valence-electron chi connectivity index (χ1n) is 16.6. The third-order valence-electron chi connectivity index (χ3n) is 9.37. The summed E-state index contributed by atoms with van der Waals surface area (Å²) in [7, 11) is 0. The van der Waals surface area contributed by atoms with E-state index in [1.165, 1.54) is 0 Å². The number of para-hydroxylation sites is 2. The van der Waals surface area contributed by atoms with Gasteiger partial charge in [0.15, 0.2) is 17.5 Å². The van der Waals surface area contributed by atoms with Crippen LogP contribution in [0, 0.1) is 0 Å². The molecule has 234 valence electrons. The van der Waals surface area contributed by atoms with E-state index in [0.29, 0.717) is 17.5 Å². The van der Waals surface area contributed by atoms with Crippen molar-refractivity contribution in [2.24, 2.45) is 0 Å². The second-order valence-corrected chi connectivity index (χ2v) is 12.4. The van der Waals surface area contributed by atoms with Crippen molar-refractivity contribution >= 4 is 43.9 Å². The predicted molar refractivity (Wildman–Crippen MR) is 202 cm³/mol. The van der Waals surface area contributed by atoms with Crippen molar-refractivity contribution in [1.29, 1.82) is 0 Å². The lowest BCUT2D eigenvalue weighted by Gasteiger charge is -2.10. The van der Waals surface area contributed by atoms with Crippen molar-refractivity contribution in [3.8, 4) is 56.4 Å². The van der Waals surface area contributed by atoms with Crippen molar-refractivity contribution in [3.63, 3.8) is 0 Å². The highest BCUT2D eigenvalue weighted by atomic mass is 16.3. The first-order valence-corrected chi connectivity index (χ1v) is 16.6. The van der Waals surface area contributed by atoms with Crippen LogP contribution in [0.2, 0.25) is 0 Å². The molecule has 5 heteroatoms. The summed E-state index contributed by atoms with van der Waals surface area (Å²) in [5, 5.41) is 4.04. The Labute approximate surface area is 287 Å². The molecule has 0 atom stereocenters. The molecule has 7 aromatic carbocycles. The molecule has 0 saturated carbocycles. The van der Waals surface area contributed by atoms with Gasteiger partial charge in [-0.2, -0.15) is 0 Å². The van der Waals surface area contributed by atoms with Crippen LogP contribution in [0.1, 0.15) is 0 Å². The summed E-state index contributed by atoms with van der Waals surface area (Å²) in [6.45, 7) is 0. The monoisotopic (exact) mass is 641 g/mol. The number of aromatic nitrogens is 3. The average Bonchev–Trinajstić information content (AvgIpc) is 3.77. The Morgan fingerprint density at radius 2 is 0.860 bits per heavy atom. The smallest absolute Gasteiger partial charge is 0.167 e. The Balaban J connectivity index is 1.21. The van der Waals surface area contributed by atoms with Crippen LogP contribution in [0.25, 0.3) is 100 Å². The maximum Gasteiger partial charge on any atom is 0.167 e. The zero-order chi connectivity index (χ0) is 33.0. The molecular weight excluding hydrogens is 615 g/mol. The molecule has 0 N–H and O–H groups in total. The van der Waals surface area contributed by atoms with Gasteiger partial charge >= 0.3 is 0 Å². The highest BCUT2D eigenvalue weighted by Crippen LogP contribution is 2.40. The molecule has 0 fully saturated rings. The summed E-state index contributed by atoms with van der Waals surface area (Å²) >= 11 is 0. The summed E-state index contributed by atoms with van der Waals surface area (Å²) < 4.78 is 12.8. The van der Waals surface area contributed by atoms with Crippen molar-refractivity contribution < 1.29 is 8.83 Å². The van der Waals surface area contributed by atoms with Crippen LogP contribution < -0.4 is 0 Å². The third kappa shape index (κ3) is 4.67. The standard InChI is InChI=1S/C45H27N3O2/c1-3-11-28(12-4-1)30-21-23-31(24-22-30)43-46-44(48-45(47-43)36-18-9-16-34-33-15-7-8-19-38(33)50-42(34)36)35-17-10-20-40-41(35)37-27-32(25-26-39(37)49-40)29-13-5-2-6-14-29/h1-27H. The van der Waals surface area contributed by atoms with Gasteiger partial charge in [0, 0.05) is 32.7 Å². The van der Waals surface area contributed by atoms with Crippen molar-refractivity contribution in [1.82, 2.24) is 15.0 Å². The second kappa shape index (κ2) is 11.4. The summed E-state index contributed by atoms with van der Waals surface area (Å²) in [6, 6.07) is 55.8. The Kier molecular flexibility index (Phi) is 6.42. The van der Waals surface area contributed by atoms with Crippen LogP contribution in [0.4, 0.5) is 0 Å². The van der Waals surface area contributed by atoms with Crippen molar-refractivity contribution in [2.75, 3.05) is 0 Å². The molecule has 0 spiro atoms. The van der Waals surface area contributed by atoms with Gasteiger partial charge in [-0.25, -0.2) is 15.0 Å². The Hall–Kier alpha value is -6.85. The van der Waals surface area contributed by atoms with E-state index in [1.54, 1.807) is 0 Å². The molecule has 3 heterocycles. The normalized spacial score (nSPS) is 11.6. The number of furan rings is 2. The average molecular weight is 642 g/mol. The second-order valence-electron chi connectivity index (χ2n) is 12.4. The van der Waals surface area contributed by atoms with Gasteiger partial charge in [-0.15, -0.1) is 0 Å². The topological polar surface area (TPSA) is 65.0 Å². The fraction of sp³-hybridized carbons (Fsp3) is 0. The Bertz CT molecular complexity index is 2850. The molecule has 0 saturated heterocycles. The van der Waals surface area contributed by atoms with Gasteiger partial charge in [0.25, 0.3) is 0 Å². The van der Waals surface area contributed by atoms with E-state index >= 15 is 0 Å². The van der Waals surface area contributed by atoms with E-state index < -0.39 is 0 Å². The first-order chi connectivity index (χ1) is 24.8. The number of hydrogen-bond acceptors (Lipinski definition) is 5. The minimum Gasteiger partial charge on any atom is -0.456 e. The number of hydrogen-bond donors (Lipinski definition) is 0. The van der Waals surface area contributed by atoms with Gasteiger partial charge < -0.3 is 8.83 Å². The molecule has 0 aliphatic heterocycles. The molecule has 10 rings (SSSR count). The van der Waals surface area contributed by atoms with E-state index in [9.17, 15) is 0 Å². The predicted octanol–water partition coefficient (Wildman–Crippen LogP) is 12.0. The molecule has 10 aromatic rings. The van der Waals surface area contributed by atoms with Crippen molar-refractivity contribution in [2.45, 2.75) is 0 Å². The number of fused-ring (bicyclic) bond motifs is 6. The Morgan fingerprint density at radius 1 is 0.320 bits per heavy atom. The molecular formula is C45H27N3O2. The van der Waals surface area contributed by atoms with E-state index in [0.717, 1.165) is 82.8 Å².